The third-order valence-electron chi connectivity index (χ3n) is 5.30. The topological polar surface area (TPSA) is 76.1 Å². The smallest absolute Gasteiger partial charge is 0.165 e. The SMILES string of the molecule is Cc1nc(N)c2ncn(CCCN3CCN(c4ccccc4C)CC3)c2n1. The maximum absolute atomic E-state index is 5.95. The summed E-state index contributed by atoms with van der Waals surface area (Å²) >= 11 is 0. The summed E-state index contributed by atoms with van der Waals surface area (Å²) < 4.78 is 2.09. The minimum Gasteiger partial charge on any atom is -0.382 e. The number of imidazole rings is 1. The second kappa shape index (κ2) is 7.52. The lowest BCUT2D eigenvalue weighted by Crippen LogP contribution is -2.47. The molecule has 7 heteroatoms. The number of aromatic nitrogens is 4. The van der Waals surface area contributed by atoms with Crippen molar-refractivity contribution in [2.24, 2.45) is 0 Å². The molecule has 3 aromatic rings. The van der Waals surface area contributed by atoms with Crippen LogP contribution in [-0.4, -0.2) is 57.1 Å². The summed E-state index contributed by atoms with van der Waals surface area (Å²) in [6.45, 7) is 10.4. The van der Waals surface area contributed by atoms with Crippen molar-refractivity contribution in [3.05, 3.63) is 42.0 Å². The lowest BCUT2D eigenvalue weighted by Gasteiger charge is -2.36. The quantitative estimate of drug-likeness (QED) is 0.747. The average Bonchev–Trinajstić information content (AvgIpc) is 3.06. The predicted molar refractivity (Wildman–Crippen MR) is 109 cm³/mol. The number of nitrogens with zero attached hydrogens (tertiary/aromatic N) is 6. The molecule has 1 aromatic carbocycles. The van der Waals surface area contributed by atoms with E-state index in [1.807, 2.05) is 13.3 Å². The van der Waals surface area contributed by atoms with E-state index in [1.165, 1.54) is 11.3 Å². The Morgan fingerprint density at radius 1 is 1.00 bits per heavy atom. The van der Waals surface area contributed by atoms with Crippen LogP contribution in [0.4, 0.5) is 11.5 Å². The van der Waals surface area contributed by atoms with Gasteiger partial charge in [0.15, 0.2) is 11.5 Å². The molecule has 1 aliphatic rings. The minimum absolute atomic E-state index is 0.462. The van der Waals surface area contributed by atoms with Gasteiger partial charge in [0, 0.05) is 38.4 Å². The second-order valence-electron chi connectivity index (χ2n) is 7.23. The van der Waals surface area contributed by atoms with Crippen molar-refractivity contribution < 1.29 is 0 Å². The Morgan fingerprint density at radius 2 is 1.78 bits per heavy atom. The number of hydrogen-bond donors (Lipinski definition) is 1. The number of anilines is 2. The summed E-state index contributed by atoms with van der Waals surface area (Å²) in [4.78, 5) is 18.1. The Kier molecular flexibility index (Phi) is 4.94. The van der Waals surface area contributed by atoms with E-state index in [9.17, 15) is 0 Å². The van der Waals surface area contributed by atoms with E-state index in [2.05, 4.69) is 60.5 Å². The summed E-state index contributed by atoms with van der Waals surface area (Å²) in [6, 6.07) is 8.65. The summed E-state index contributed by atoms with van der Waals surface area (Å²) in [7, 11) is 0. The van der Waals surface area contributed by atoms with E-state index in [-0.39, 0.29) is 0 Å². The number of benzene rings is 1. The van der Waals surface area contributed by atoms with Crippen molar-refractivity contribution in [1.82, 2.24) is 24.4 Å². The maximum Gasteiger partial charge on any atom is 0.165 e. The molecule has 1 aliphatic heterocycles. The molecule has 0 radical (unpaired) electrons. The Bertz CT molecular complexity index is 925. The first-order valence-electron chi connectivity index (χ1n) is 9.60. The molecule has 2 N–H and O–H groups in total. The van der Waals surface area contributed by atoms with Gasteiger partial charge in [0.25, 0.3) is 0 Å². The normalized spacial score (nSPS) is 15.6. The number of para-hydroxylation sites is 1. The van der Waals surface area contributed by atoms with Crippen molar-refractivity contribution in [3.63, 3.8) is 0 Å². The van der Waals surface area contributed by atoms with Crippen LogP contribution in [0.1, 0.15) is 17.8 Å². The molecule has 0 amide bonds. The van der Waals surface area contributed by atoms with Crippen LogP contribution in [0.5, 0.6) is 0 Å². The second-order valence-corrected chi connectivity index (χ2v) is 7.23. The molecule has 1 saturated heterocycles. The molecule has 27 heavy (non-hydrogen) atoms. The van der Waals surface area contributed by atoms with Crippen LogP contribution >= 0.6 is 0 Å². The lowest BCUT2D eigenvalue weighted by molar-refractivity contribution is 0.250. The van der Waals surface area contributed by atoms with Gasteiger partial charge in [-0.2, -0.15) is 0 Å². The van der Waals surface area contributed by atoms with Gasteiger partial charge in [-0.05, 0) is 38.4 Å². The minimum atomic E-state index is 0.462. The summed E-state index contributed by atoms with van der Waals surface area (Å²) in [5, 5.41) is 0. The van der Waals surface area contributed by atoms with Crippen molar-refractivity contribution in [1.29, 1.82) is 0 Å². The maximum atomic E-state index is 5.95. The molecular formula is C20H27N7. The number of hydrogen-bond acceptors (Lipinski definition) is 6. The van der Waals surface area contributed by atoms with Crippen LogP contribution in [-0.2, 0) is 6.54 Å². The van der Waals surface area contributed by atoms with E-state index in [4.69, 9.17) is 5.73 Å². The molecule has 2 aromatic heterocycles. The first-order chi connectivity index (χ1) is 13.1. The first kappa shape index (κ1) is 17.7. The molecule has 0 spiro atoms. The highest BCUT2D eigenvalue weighted by Crippen LogP contribution is 2.21. The average molecular weight is 365 g/mol. The Labute approximate surface area is 159 Å². The number of rotatable bonds is 5. The number of fused-ring (bicyclic) bond motifs is 1. The molecule has 7 nitrogen and oxygen atoms in total. The molecule has 4 rings (SSSR count). The van der Waals surface area contributed by atoms with Gasteiger partial charge in [0.1, 0.15) is 11.3 Å². The molecule has 0 atom stereocenters. The summed E-state index contributed by atoms with van der Waals surface area (Å²) in [6.07, 6.45) is 2.89. The van der Waals surface area contributed by atoms with Gasteiger partial charge < -0.3 is 15.2 Å². The largest absolute Gasteiger partial charge is 0.382 e. The van der Waals surface area contributed by atoms with Gasteiger partial charge in [-0.3, -0.25) is 4.90 Å². The van der Waals surface area contributed by atoms with E-state index < -0.39 is 0 Å². The lowest BCUT2D eigenvalue weighted by atomic mass is 10.1. The summed E-state index contributed by atoms with van der Waals surface area (Å²) in [5.74, 6) is 1.15. The highest BCUT2D eigenvalue weighted by Gasteiger charge is 2.18. The molecule has 1 fully saturated rings. The van der Waals surface area contributed by atoms with Crippen LogP contribution in [0.15, 0.2) is 30.6 Å². The number of aryl methyl sites for hydroxylation is 3. The zero-order valence-electron chi connectivity index (χ0n) is 16.1. The third kappa shape index (κ3) is 3.73. The van der Waals surface area contributed by atoms with Crippen LogP contribution in [0.3, 0.4) is 0 Å². The van der Waals surface area contributed by atoms with E-state index in [1.54, 1.807) is 0 Å². The number of nitrogen functional groups attached to an aromatic ring is 1. The van der Waals surface area contributed by atoms with Crippen LogP contribution in [0.25, 0.3) is 11.2 Å². The van der Waals surface area contributed by atoms with Crippen molar-refractivity contribution in [2.75, 3.05) is 43.4 Å². The fourth-order valence-corrected chi connectivity index (χ4v) is 3.84. The highest BCUT2D eigenvalue weighted by molar-refractivity contribution is 5.81. The Hall–Kier alpha value is -2.67. The van der Waals surface area contributed by atoms with Crippen molar-refractivity contribution in [2.45, 2.75) is 26.8 Å². The summed E-state index contributed by atoms with van der Waals surface area (Å²) in [5.41, 5.74) is 10.2. The monoisotopic (exact) mass is 365 g/mol. The number of piperazine rings is 1. The van der Waals surface area contributed by atoms with E-state index >= 15 is 0 Å². The third-order valence-corrected chi connectivity index (χ3v) is 5.30. The molecule has 0 aliphatic carbocycles. The fourth-order valence-electron chi connectivity index (χ4n) is 3.84. The van der Waals surface area contributed by atoms with E-state index in [0.29, 0.717) is 17.2 Å². The van der Waals surface area contributed by atoms with Gasteiger partial charge in [-0.15, -0.1) is 0 Å². The number of nitrogens with two attached hydrogens (primary N) is 1. The fraction of sp³-hybridized carbons (Fsp3) is 0.450. The molecule has 0 unspecified atom stereocenters. The van der Waals surface area contributed by atoms with Crippen molar-refractivity contribution in [3.8, 4) is 0 Å². The van der Waals surface area contributed by atoms with Gasteiger partial charge in [-0.1, -0.05) is 18.2 Å². The van der Waals surface area contributed by atoms with Crippen LogP contribution < -0.4 is 10.6 Å². The van der Waals surface area contributed by atoms with Gasteiger partial charge in [0.05, 0.1) is 6.33 Å². The van der Waals surface area contributed by atoms with E-state index in [0.717, 1.165) is 51.3 Å². The van der Waals surface area contributed by atoms with Gasteiger partial charge in [-0.25, -0.2) is 15.0 Å². The highest BCUT2D eigenvalue weighted by atomic mass is 15.3. The Balaban J connectivity index is 1.30. The molecular weight excluding hydrogens is 338 g/mol. The Morgan fingerprint density at radius 3 is 2.56 bits per heavy atom. The standard InChI is InChI=1S/C20H27N7/c1-15-6-3-4-7-17(15)26-12-10-25(11-13-26)8-5-9-27-14-22-18-19(21)23-16(2)24-20(18)27/h3-4,6-7,14H,5,8-13H2,1-2H3,(H2,21,23,24). The van der Waals surface area contributed by atoms with Crippen LogP contribution in [0, 0.1) is 13.8 Å². The molecule has 142 valence electrons. The zero-order chi connectivity index (χ0) is 18.8. The van der Waals surface area contributed by atoms with Crippen LogP contribution in [0.2, 0.25) is 0 Å². The first-order valence-corrected chi connectivity index (χ1v) is 9.60. The molecule has 0 saturated carbocycles. The zero-order valence-corrected chi connectivity index (χ0v) is 16.1. The molecule has 3 heterocycles. The van der Waals surface area contributed by atoms with Crippen molar-refractivity contribution >= 4 is 22.7 Å². The molecule has 0 bridgehead atoms. The predicted octanol–water partition coefficient (Wildman–Crippen LogP) is 2.24. The van der Waals surface area contributed by atoms with Gasteiger partial charge >= 0.3 is 0 Å². The van der Waals surface area contributed by atoms with Gasteiger partial charge in [0.2, 0.25) is 0 Å².